The van der Waals surface area contributed by atoms with E-state index in [0.717, 1.165) is 28.8 Å². The zero-order valence-electron chi connectivity index (χ0n) is 37.5. The zero-order chi connectivity index (χ0) is 41.6. The van der Waals surface area contributed by atoms with Crippen LogP contribution >= 0.6 is 0 Å². The second-order valence-electron chi connectivity index (χ2n) is 18.8. The van der Waals surface area contributed by atoms with E-state index in [0.29, 0.717) is 0 Å². The van der Waals surface area contributed by atoms with Crippen LogP contribution in [0.1, 0.15) is 106 Å². The van der Waals surface area contributed by atoms with E-state index in [2.05, 4.69) is 218 Å². The third-order valence-corrected chi connectivity index (χ3v) is 13.8. The van der Waals surface area contributed by atoms with Crippen molar-refractivity contribution in [2.75, 3.05) is 0 Å². The third kappa shape index (κ3) is 9.58. The van der Waals surface area contributed by atoms with Crippen LogP contribution in [0.25, 0.3) is 49.9 Å². The first kappa shape index (κ1) is 48.2. The molecule has 1 atom stereocenters. The van der Waals surface area contributed by atoms with E-state index in [-0.39, 0.29) is 67.8 Å². The van der Waals surface area contributed by atoms with Gasteiger partial charge < -0.3 is 24.8 Å². The molecule has 3 radical (unpaired) electrons. The molecule has 10 rings (SSSR count). The second-order valence-corrected chi connectivity index (χ2v) is 20.2. The molecule has 2 aliphatic carbocycles. The second kappa shape index (κ2) is 19.8. The average Bonchev–Trinajstić information content (AvgIpc) is 3.81. The molecule has 0 heterocycles. The maximum absolute atomic E-state index is 3.90. The molecule has 4 heteroatoms. The Morgan fingerprint density at radius 2 is 1.19 bits per heavy atom. The van der Waals surface area contributed by atoms with Gasteiger partial charge in [-0.1, -0.05) is 228 Å². The van der Waals surface area contributed by atoms with E-state index >= 15 is 0 Å². The SMILES string of the molecule is CCCC1=Cc2c(-c3c4ccccc4cc4ccccc34)cccc2C1c1c(C(C)(C)C)[c-]cc2c1Cc1cc(C(C)(C)C)ccc1-2.[Cl-].[Cl-].[Zr+3].c1ccc([Si]c2ccccc2)cc1. The Kier molecular flexibility index (Phi) is 15.2. The molecule has 0 aromatic heterocycles. The Balaban J connectivity index is 0.000000355. The molecule has 0 spiro atoms. The predicted molar refractivity (Wildman–Crippen MR) is 260 cm³/mol. The first-order valence-corrected chi connectivity index (χ1v) is 22.8. The Morgan fingerprint density at radius 1 is 0.603 bits per heavy atom. The molecule has 0 fully saturated rings. The summed E-state index contributed by atoms with van der Waals surface area (Å²) in [5.74, 6) is 0.225. The first-order valence-electron chi connectivity index (χ1n) is 21.8. The molecule has 313 valence electrons. The number of benzene rings is 8. The van der Waals surface area contributed by atoms with Crippen molar-refractivity contribution < 1.29 is 51.0 Å². The molecular formula is C59H55Cl2SiZr. The van der Waals surface area contributed by atoms with Gasteiger partial charge in [0.05, 0.1) is 0 Å². The van der Waals surface area contributed by atoms with Gasteiger partial charge in [0.25, 0.3) is 0 Å². The maximum Gasteiger partial charge on any atom is 3.00 e. The van der Waals surface area contributed by atoms with Gasteiger partial charge in [-0.05, 0) is 90.6 Å². The van der Waals surface area contributed by atoms with Crippen molar-refractivity contribution in [3.05, 3.63) is 208 Å². The normalized spacial score (nSPS) is 13.6. The van der Waals surface area contributed by atoms with Crippen LogP contribution in [-0.4, -0.2) is 9.52 Å². The molecule has 63 heavy (non-hydrogen) atoms. The topological polar surface area (TPSA) is 0 Å². The minimum Gasteiger partial charge on any atom is -1.00 e. The van der Waals surface area contributed by atoms with Crippen molar-refractivity contribution in [1.29, 1.82) is 0 Å². The monoisotopic (exact) mass is 951 g/mol. The fraction of sp³-hybridized carbons (Fsp3) is 0.220. The molecule has 8 aromatic rings. The summed E-state index contributed by atoms with van der Waals surface area (Å²) < 4.78 is 0. The summed E-state index contributed by atoms with van der Waals surface area (Å²) in [6, 6.07) is 61.8. The van der Waals surface area contributed by atoms with Gasteiger partial charge in [0.15, 0.2) is 0 Å². The van der Waals surface area contributed by atoms with Gasteiger partial charge in [0, 0.05) is 0 Å². The Morgan fingerprint density at radius 3 is 1.76 bits per heavy atom. The van der Waals surface area contributed by atoms with Gasteiger partial charge in [0.1, 0.15) is 9.52 Å². The Hall–Kier alpha value is -4.30. The van der Waals surface area contributed by atoms with Crippen LogP contribution in [0.4, 0.5) is 0 Å². The predicted octanol–water partition coefficient (Wildman–Crippen LogP) is 8.30. The van der Waals surface area contributed by atoms with E-state index in [1.54, 1.807) is 0 Å². The third-order valence-electron chi connectivity index (χ3n) is 12.5. The Labute approximate surface area is 410 Å². The molecule has 0 N–H and O–H groups in total. The summed E-state index contributed by atoms with van der Waals surface area (Å²) in [5.41, 5.74) is 17.2. The smallest absolute Gasteiger partial charge is 1.00 e. The summed E-state index contributed by atoms with van der Waals surface area (Å²) >= 11 is 0. The zero-order valence-corrected chi connectivity index (χ0v) is 42.5. The van der Waals surface area contributed by atoms with E-state index in [9.17, 15) is 0 Å². The molecule has 1 unspecified atom stereocenters. The van der Waals surface area contributed by atoms with E-state index in [1.165, 1.54) is 98.7 Å². The van der Waals surface area contributed by atoms with Crippen molar-refractivity contribution >= 4 is 47.5 Å². The first-order chi connectivity index (χ1) is 29.0. The van der Waals surface area contributed by atoms with E-state index in [4.69, 9.17) is 0 Å². The van der Waals surface area contributed by atoms with Gasteiger partial charge in [0.2, 0.25) is 0 Å². The molecule has 8 aromatic carbocycles. The summed E-state index contributed by atoms with van der Waals surface area (Å²) in [5, 5.41) is 8.03. The number of rotatable bonds is 6. The summed E-state index contributed by atoms with van der Waals surface area (Å²) in [4.78, 5) is 0. The number of allylic oxidation sites excluding steroid dienone is 1. The number of halogens is 2. The van der Waals surface area contributed by atoms with Crippen molar-refractivity contribution in [2.45, 2.75) is 84.5 Å². The van der Waals surface area contributed by atoms with E-state index in [1.807, 2.05) is 0 Å². The van der Waals surface area contributed by atoms with Gasteiger partial charge in [-0.25, -0.2) is 0 Å². The van der Waals surface area contributed by atoms with Gasteiger partial charge in [-0.2, -0.15) is 17.7 Å². The number of fused-ring (bicyclic) bond motifs is 6. The summed E-state index contributed by atoms with van der Waals surface area (Å²) in [7, 11) is 0.777. The average molecular weight is 954 g/mol. The number of hydrogen-bond donors (Lipinski definition) is 0. The molecule has 0 aliphatic heterocycles. The Bertz CT molecular complexity index is 2810. The standard InChI is InChI=1S/C47H45.C12H10Si.2ClH.Zr/c1-8-14-31-27-40-38(19-13-20-39(40)44-35-17-11-9-15-29(35)25-30-16-10-12-18-36(30)44)43(31)45-41-28-32-26-33(46(2,3)4)21-22-34(32)37(41)23-24-42(45)47(5,6)7;1-3-7-11(8-4-1)13-12-9-5-2-6-10-12;;;/h9-13,15-23,25-27,43H,8,14,28H2,1-7H3;1-10H;2*1H;/q-1;;;;+3/p-2. The molecule has 0 amide bonds. The molecular weight excluding hydrogens is 899 g/mol. The molecule has 0 saturated heterocycles. The maximum atomic E-state index is 3.90. The van der Waals surface area contributed by atoms with Crippen molar-refractivity contribution in [2.24, 2.45) is 0 Å². The fourth-order valence-electron chi connectivity index (χ4n) is 9.68. The van der Waals surface area contributed by atoms with Crippen LogP contribution in [0.5, 0.6) is 0 Å². The van der Waals surface area contributed by atoms with Gasteiger partial charge in [-0.3, -0.25) is 0 Å². The molecule has 0 nitrogen and oxygen atoms in total. The van der Waals surface area contributed by atoms with Crippen LogP contribution in [0.15, 0.2) is 163 Å². The minimum atomic E-state index is -0.0285. The van der Waals surface area contributed by atoms with Crippen LogP contribution in [0, 0.1) is 6.07 Å². The summed E-state index contributed by atoms with van der Waals surface area (Å²) in [6.45, 7) is 16.4. The van der Waals surface area contributed by atoms with Gasteiger partial charge >= 0.3 is 26.2 Å². The van der Waals surface area contributed by atoms with Crippen LogP contribution in [-0.2, 0) is 43.5 Å². The van der Waals surface area contributed by atoms with Crippen molar-refractivity contribution in [3.8, 4) is 22.3 Å². The van der Waals surface area contributed by atoms with Crippen LogP contribution in [0.3, 0.4) is 0 Å². The van der Waals surface area contributed by atoms with Gasteiger partial charge in [-0.15, -0.1) is 16.7 Å². The van der Waals surface area contributed by atoms with Crippen LogP contribution in [0.2, 0.25) is 0 Å². The van der Waals surface area contributed by atoms with E-state index < -0.39 is 0 Å². The minimum absolute atomic E-state index is 0. The van der Waals surface area contributed by atoms with Crippen LogP contribution < -0.4 is 35.2 Å². The largest absolute Gasteiger partial charge is 3.00 e. The molecule has 0 bridgehead atoms. The quantitative estimate of drug-likeness (QED) is 0.0895. The number of hydrogen-bond acceptors (Lipinski definition) is 0. The molecule has 2 aliphatic rings. The molecule has 0 saturated carbocycles. The fourth-order valence-corrected chi connectivity index (χ4v) is 10.7. The van der Waals surface area contributed by atoms with Crippen molar-refractivity contribution in [1.82, 2.24) is 0 Å². The van der Waals surface area contributed by atoms with Crippen molar-refractivity contribution in [3.63, 3.8) is 0 Å². The summed E-state index contributed by atoms with van der Waals surface area (Å²) in [6.07, 6.45) is 5.77.